The van der Waals surface area contributed by atoms with E-state index in [1.54, 1.807) is 19.2 Å². The molecule has 7 heteroatoms. The molecule has 2 amide bonds. The second kappa shape index (κ2) is 7.77. The molecule has 1 heterocycles. The molecule has 1 aliphatic heterocycles. The molecule has 0 bridgehead atoms. The van der Waals surface area contributed by atoms with Gasteiger partial charge in [0.1, 0.15) is 12.4 Å². The molecule has 1 aliphatic carbocycles. The zero-order valence-corrected chi connectivity index (χ0v) is 14.1. The Balaban J connectivity index is 1.57. The van der Waals surface area contributed by atoms with E-state index in [2.05, 4.69) is 10.3 Å². The number of fused-ring (bicyclic) bond motifs is 1. The summed E-state index contributed by atoms with van der Waals surface area (Å²) >= 11 is 0. The van der Waals surface area contributed by atoms with Crippen LogP contribution in [0.3, 0.4) is 0 Å². The Bertz CT molecular complexity index is 855. The van der Waals surface area contributed by atoms with Crippen molar-refractivity contribution in [3.05, 3.63) is 60.0 Å². The van der Waals surface area contributed by atoms with Gasteiger partial charge in [-0.2, -0.15) is 0 Å². The third kappa shape index (κ3) is 3.88. The Morgan fingerprint density at radius 2 is 2.04 bits per heavy atom. The molecule has 6 nitrogen and oxygen atoms in total. The predicted octanol–water partition coefficient (Wildman–Crippen LogP) is 2.14. The Morgan fingerprint density at radius 1 is 1.27 bits per heavy atom. The molecule has 1 atom stereocenters. The standard InChI is InChI=1S/C19H17FN2O4/c1-25-16-4-2-3-5-17(16)26-9-8-21-19(24)14-11-18(23)22-15-10-12(20)6-7-13(14)15/h2-7,10-11,13H,8-9H2,1H3,(H,21,24). The highest BCUT2D eigenvalue weighted by atomic mass is 19.1. The monoisotopic (exact) mass is 356 g/mol. The number of nitrogens with one attached hydrogen (secondary N) is 1. The fraction of sp³-hybridized carbons (Fsp3) is 0.211. The lowest BCUT2D eigenvalue weighted by molar-refractivity contribution is -0.119. The molecule has 26 heavy (non-hydrogen) atoms. The van der Waals surface area contributed by atoms with E-state index in [9.17, 15) is 14.0 Å². The van der Waals surface area contributed by atoms with Gasteiger partial charge in [0.2, 0.25) is 5.91 Å². The Kier molecular flexibility index (Phi) is 5.26. The quantitative estimate of drug-likeness (QED) is 0.793. The van der Waals surface area contributed by atoms with E-state index in [1.807, 2.05) is 12.1 Å². The summed E-state index contributed by atoms with van der Waals surface area (Å²) in [6.45, 7) is 0.457. The molecule has 0 spiro atoms. The van der Waals surface area contributed by atoms with E-state index in [0.29, 0.717) is 11.5 Å². The third-order valence-electron chi connectivity index (χ3n) is 3.88. The minimum Gasteiger partial charge on any atom is -0.493 e. The number of amides is 2. The van der Waals surface area contributed by atoms with Crippen LogP contribution in [-0.4, -0.2) is 37.8 Å². The number of dihydropyridines is 1. The summed E-state index contributed by atoms with van der Waals surface area (Å²) in [6, 6.07) is 7.18. The van der Waals surface area contributed by atoms with Gasteiger partial charge in [-0.3, -0.25) is 9.59 Å². The van der Waals surface area contributed by atoms with Crippen molar-refractivity contribution in [1.29, 1.82) is 0 Å². The van der Waals surface area contributed by atoms with E-state index < -0.39 is 23.6 Å². The lowest BCUT2D eigenvalue weighted by atomic mass is 9.87. The van der Waals surface area contributed by atoms with Crippen LogP contribution in [0, 0.1) is 5.92 Å². The number of carbonyl (C=O) groups is 2. The van der Waals surface area contributed by atoms with Gasteiger partial charge < -0.3 is 14.8 Å². The van der Waals surface area contributed by atoms with Gasteiger partial charge in [0, 0.05) is 11.6 Å². The van der Waals surface area contributed by atoms with Gasteiger partial charge in [-0.15, -0.1) is 0 Å². The lowest BCUT2D eigenvalue weighted by Crippen LogP contribution is -2.35. The lowest BCUT2D eigenvalue weighted by Gasteiger charge is -2.22. The summed E-state index contributed by atoms with van der Waals surface area (Å²) in [4.78, 5) is 27.8. The van der Waals surface area contributed by atoms with E-state index in [-0.39, 0.29) is 24.4 Å². The smallest absolute Gasteiger partial charge is 0.270 e. The van der Waals surface area contributed by atoms with Crippen molar-refractivity contribution >= 4 is 17.5 Å². The number of benzene rings is 1. The second-order valence-corrected chi connectivity index (χ2v) is 5.60. The first-order valence-corrected chi connectivity index (χ1v) is 8.02. The second-order valence-electron chi connectivity index (χ2n) is 5.60. The minimum absolute atomic E-state index is 0.226. The Morgan fingerprint density at radius 3 is 2.81 bits per heavy atom. The van der Waals surface area contributed by atoms with E-state index in [0.717, 1.165) is 6.08 Å². The summed E-state index contributed by atoms with van der Waals surface area (Å²) in [5.41, 5.74) is 0.463. The largest absolute Gasteiger partial charge is 0.493 e. The van der Waals surface area contributed by atoms with Crippen LogP contribution in [0.2, 0.25) is 0 Å². The van der Waals surface area contributed by atoms with Crippen molar-refractivity contribution in [3.8, 4) is 11.5 Å². The average Bonchev–Trinajstić information content (AvgIpc) is 2.64. The number of methoxy groups -OCH3 is 1. The molecule has 0 saturated carbocycles. The number of halogens is 1. The van der Waals surface area contributed by atoms with Crippen molar-refractivity contribution in [2.75, 3.05) is 20.3 Å². The molecular weight excluding hydrogens is 339 g/mol. The number of para-hydroxylation sites is 2. The zero-order valence-electron chi connectivity index (χ0n) is 14.1. The molecule has 134 valence electrons. The molecule has 3 rings (SSSR count). The van der Waals surface area contributed by atoms with Gasteiger partial charge in [-0.05, 0) is 24.3 Å². The van der Waals surface area contributed by atoms with Crippen LogP contribution in [0.15, 0.2) is 65.0 Å². The molecule has 0 radical (unpaired) electrons. The molecule has 0 fully saturated rings. The van der Waals surface area contributed by atoms with Crippen LogP contribution >= 0.6 is 0 Å². The zero-order chi connectivity index (χ0) is 18.5. The van der Waals surface area contributed by atoms with E-state index in [4.69, 9.17) is 9.47 Å². The molecule has 0 saturated heterocycles. The maximum atomic E-state index is 13.3. The maximum absolute atomic E-state index is 13.3. The summed E-state index contributed by atoms with van der Waals surface area (Å²) < 4.78 is 24.1. The van der Waals surface area contributed by atoms with Crippen LogP contribution in [0.1, 0.15) is 0 Å². The first kappa shape index (κ1) is 17.6. The van der Waals surface area contributed by atoms with Crippen molar-refractivity contribution < 1.29 is 23.5 Å². The van der Waals surface area contributed by atoms with Crippen molar-refractivity contribution in [2.45, 2.75) is 0 Å². The van der Waals surface area contributed by atoms with Crippen LogP contribution in [-0.2, 0) is 9.59 Å². The number of allylic oxidation sites excluding steroid dienone is 4. The van der Waals surface area contributed by atoms with E-state index >= 15 is 0 Å². The van der Waals surface area contributed by atoms with Gasteiger partial charge >= 0.3 is 0 Å². The fourth-order valence-electron chi connectivity index (χ4n) is 2.69. The molecule has 1 aromatic carbocycles. The van der Waals surface area contributed by atoms with E-state index in [1.165, 1.54) is 18.2 Å². The van der Waals surface area contributed by atoms with Crippen LogP contribution in [0.5, 0.6) is 11.5 Å². The number of ether oxygens (including phenoxy) is 2. The molecule has 1 aromatic rings. The van der Waals surface area contributed by atoms with Crippen molar-refractivity contribution in [3.63, 3.8) is 0 Å². The van der Waals surface area contributed by atoms with Gasteiger partial charge in [0.25, 0.3) is 5.91 Å². The number of hydrogen-bond acceptors (Lipinski definition) is 4. The number of aliphatic imine (C=N–C) groups is 1. The molecule has 2 aliphatic rings. The molecular formula is C19H17FN2O4. The summed E-state index contributed by atoms with van der Waals surface area (Å²) in [7, 11) is 1.55. The van der Waals surface area contributed by atoms with Crippen LogP contribution < -0.4 is 14.8 Å². The topological polar surface area (TPSA) is 77.0 Å². The number of hydrogen-bond donors (Lipinski definition) is 1. The Hall–Kier alpha value is -3.22. The van der Waals surface area contributed by atoms with Gasteiger partial charge in [0.05, 0.1) is 25.3 Å². The highest BCUT2D eigenvalue weighted by Crippen LogP contribution is 2.26. The van der Waals surface area contributed by atoms with Crippen molar-refractivity contribution in [2.24, 2.45) is 10.9 Å². The molecule has 1 N–H and O–H groups in total. The van der Waals surface area contributed by atoms with Crippen LogP contribution in [0.4, 0.5) is 4.39 Å². The first-order chi connectivity index (χ1) is 12.6. The predicted molar refractivity (Wildman–Crippen MR) is 93.8 cm³/mol. The maximum Gasteiger partial charge on any atom is 0.270 e. The molecule has 0 aromatic heterocycles. The SMILES string of the molecule is COc1ccccc1OCCNC(=O)C1=CC(=O)N=C2C=C(F)C=CC12. The number of rotatable bonds is 6. The number of carbonyl (C=O) groups excluding carboxylic acids is 2. The highest BCUT2D eigenvalue weighted by Gasteiger charge is 2.29. The summed E-state index contributed by atoms with van der Waals surface area (Å²) in [5, 5.41) is 2.70. The summed E-state index contributed by atoms with van der Waals surface area (Å²) in [5.74, 6) is -0.851. The third-order valence-corrected chi connectivity index (χ3v) is 3.88. The minimum atomic E-state index is -0.578. The van der Waals surface area contributed by atoms with Gasteiger partial charge in [0.15, 0.2) is 11.5 Å². The highest BCUT2D eigenvalue weighted by molar-refractivity contribution is 6.18. The molecule has 1 unspecified atom stereocenters. The normalized spacial score (nSPS) is 18.3. The first-order valence-electron chi connectivity index (χ1n) is 8.02. The van der Waals surface area contributed by atoms with Crippen LogP contribution in [0.25, 0.3) is 0 Å². The van der Waals surface area contributed by atoms with Crippen molar-refractivity contribution in [1.82, 2.24) is 5.32 Å². The summed E-state index contributed by atoms with van der Waals surface area (Å²) in [6.07, 6.45) is 5.10. The average molecular weight is 356 g/mol. The van der Waals surface area contributed by atoms with Gasteiger partial charge in [-0.25, -0.2) is 9.38 Å². The number of nitrogens with zero attached hydrogens (tertiary/aromatic N) is 1. The Labute approximate surface area is 149 Å². The van der Waals surface area contributed by atoms with Gasteiger partial charge in [-0.1, -0.05) is 18.2 Å². The fourth-order valence-corrected chi connectivity index (χ4v) is 2.69.